The first-order valence-electron chi connectivity index (χ1n) is 5.01. The van der Waals surface area contributed by atoms with Crippen LogP contribution < -0.4 is 0 Å². The van der Waals surface area contributed by atoms with Crippen molar-refractivity contribution < 1.29 is 9.90 Å². The average molecular weight is 169 g/mol. The van der Waals surface area contributed by atoms with Gasteiger partial charge in [-0.25, -0.2) is 9.90 Å². The highest BCUT2D eigenvalue weighted by Crippen LogP contribution is 2.21. The van der Waals surface area contributed by atoms with E-state index in [2.05, 4.69) is 0 Å². The van der Waals surface area contributed by atoms with E-state index in [1.165, 1.54) is 25.7 Å². The third-order valence-electron chi connectivity index (χ3n) is 2.69. The molecule has 1 fully saturated rings. The highest BCUT2D eigenvalue weighted by molar-refractivity contribution is 5.69. The second-order valence-electron chi connectivity index (χ2n) is 3.71. The van der Waals surface area contributed by atoms with Gasteiger partial charge in [0.2, 0.25) is 0 Å². The van der Waals surface area contributed by atoms with Crippen molar-refractivity contribution in [1.82, 2.24) is 0 Å². The first-order valence-corrected chi connectivity index (χ1v) is 5.01. The molecule has 0 spiro atoms. The first-order chi connectivity index (χ1) is 5.80. The van der Waals surface area contributed by atoms with Gasteiger partial charge < -0.3 is 0 Å². The Labute approximate surface area is 74.0 Å². The van der Waals surface area contributed by atoms with Crippen molar-refractivity contribution in [1.29, 1.82) is 0 Å². The zero-order valence-corrected chi connectivity index (χ0v) is 7.55. The van der Waals surface area contributed by atoms with Gasteiger partial charge in [-0.1, -0.05) is 38.5 Å². The predicted octanol–water partition coefficient (Wildman–Crippen LogP) is 2.69. The Morgan fingerprint density at radius 2 is 1.25 bits per heavy atom. The van der Waals surface area contributed by atoms with Gasteiger partial charge in [-0.2, -0.15) is 0 Å². The quantitative estimate of drug-likeness (QED) is 0.594. The Bertz CT molecular complexity index is 133. The zero-order chi connectivity index (χ0) is 8.81. The van der Waals surface area contributed by atoms with Crippen LogP contribution in [0.4, 0.5) is 0 Å². The Morgan fingerprint density at radius 3 is 1.67 bits per heavy atom. The van der Waals surface area contributed by atoms with Crippen LogP contribution in [0.5, 0.6) is 0 Å². The van der Waals surface area contributed by atoms with Crippen LogP contribution in [0.15, 0.2) is 0 Å². The van der Waals surface area contributed by atoms with Crippen molar-refractivity contribution in [2.45, 2.75) is 51.4 Å². The molecule has 0 amide bonds. The molecule has 0 heterocycles. The van der Waals surface area contributed by atoms with Crippen molar-refractivity contribution in [3.63, 3.8) is 0 Å². The molecule has 0 unspecified atom stereocenters. The second-order valence-corrected chi connectivity index (χ2v) is 3.71. The SMILES string of the molecule is [O]C(=O)C1CCCCCCCC1. The summed E-state index contributed by atoms with van der Waals surface area (Å²) in [5, 5.41) is 10.6. The van der Waals surface area contributed by atoms with Gasteiger partial charge in [0, 0.05) is 0 Å². The minimum absolute atomic E-state index is 0.164. The Balaban J connectivity index is 2.33. The van der Waals surface area contributed by atoms with Crippen LogP contribution in [-0.2, 0) is 9.90 Å². The van der Waals surface area contributed by atoms with E-state index in [1.807, 2.05) is 0 Å². The zero-order valence-electron chi connectivity index (χ0n) is 7.55. The molecule has 0 aromatic rings. The Morgan fingerprint density at radius 1 is 0.833 bits per heavy atom. The van der Waals surface area contributed by atoms with Crippen LogP contribution >= 0.6 is 0 Å². The summed E-state index contributed by atoms with van der Waals surface area (Å²) in [6, 6.07) is 0. The van der Waals surface area contributed by atoms with E-state index >= 15 is 0 Å². The molecule has 1 radical (unpaired) electrons. The molecule has 0 N–H and O–H groups in total. The molecule has 2 heteroatoms. The minimum Gasteiger partial charge on any atom is -0.247 e. The maximum absolute atomic E-state index is 10.6. The number of carbonyl (C=O) groups excluding carboxylic acids is 1. The van der Waals surface area contributed by atoms with Crippen molar-refractivity contribution >= 4 is 5.97 Å². The molecule has 12 heavy (non-hydrogen) atoms. The van der Waals surface area contributed by atoms with Crippen LogP contribution in [-0.4, -0.2) is 5.97 Å². The molecular weight excluding hydrogens is 152 g/mol. The molecule has 1 saturated carbocycles. The summed E-state index contributed by atoms with van der Waals surface area (Å²) < 4.78 is 0. The molecule has 0 saturated heterocycles. The normalized spacial score (nSPS) is 22.3. The van der Waals surface area contributed by atoms with Gasteiger partial charge in [-0.05, 0) is 12.8 Å². The lowest BCUT2D eigenvalue weighted by atomic mass is 9.97. The number of hydrogen-bond donors (Lipinski definition) is 0. The summed E-state index contributed by atoms with van der Waals surface area (Å²) in [7, 11) is 0. The van der Waals surface area contributed by atoms with Crippen LogP contribution in [0.2, 0.25) is 0 Å². The number of hydrogen-bond acceptors (Lipinski definition) is 1. The highest BCUT2D eigenvalue weighted by atomic mass is 16.4. The average Bonchev–Trinajstić information content (AvgIpc) is 2.15. The van der Waals surface area contributed by atoms with Gasteiger partial charge in [0.15, 0.2) is 0 Å². The molecule has 0 atom stereocenters. The third kappa shape index (κ3) is 3.24. The van der Waals surface area contributed by atoms with E-state index in [-0.39, 0.29) is 5.92 Å². The standard InChI is InChI=1S/C10H17O2/c11-10(12)9-7-5-3-1-2-4-6-8-9/h9H,1-8H2. The molecule has 0 aromatic heterocycles. The van der Waals surface area contributed by atoms with E-state index in [4.69, 9.17) is 0 Å². The van der Waals surface area contributed by atoms with Crippen molar-refractivity contribution in [3.8, 4) is 0 Å². The Kier molecular flexibility index (Phi) is 4.12. The molecule has 69 valence electrons. The summed E-state index contributed by atoms with van der Waals surface area (Å²) in [6.07, 6.45) is 8.76. The van der Waals surface area contributed by atoms with E-state index in [1.54, 1.807) is 0 Å². The van der Waals surface area contributed by atoms with E-state index < -0.39 is 5.97 Å². The van der Waals surface area contributed by atoms with Gasteiger partial charge in [0.05, 0.1) is 5.92 Å². The maximum Gasteiger partial charge on any atom is 0.358 e. The largest absolute Gasteiger partial charge is 0.358 e. The summed E-state index contributed by atoms with van der Waals surface area (Å²) in [4.78, 5) is 10.6. The van der Waals surface area contributed by atoms with Crippen LogP contribution in [0.3, 0.4) is 0 Å². The van der Waals surface area contributed by atoms with Gasteiger partial charge >= 0.3 is 5.97 Å². The van der Waals surface area contributed by atoms with Crippen LogP contribution in [0.1, 0.15) is 51.4 Å². The smallest absolute Gasteiger partial charge is 0.247 e. The summed E-state index contributed by atoms with van der Waals surface area (Å²) in [6.45, 7) is 0. The molecule has 1 aliphatic carbocycles. The van der Waals surface area contributed by atoms with Gasteiger partial charge in [-0.3, -0.25) is 0 Å². The Hall–Kier alpha value is -0.530. The highest BCUT2D eigenvalue weighted by Gasteiger charge is 2.18. The molecule has 0 aliphatic heterocycles. The lowest BCUT2D eigenvalue weighted by Crippen LogP contribution is -2.11. The molecule has 1 rings (SSSR count). The fraction of sp³-hybridized carbons (Fsp3) is 0.900. The lowest BCUT2D eigenvalue weighted by Gasteiger charge is -2.07. The van der Waals surface area contributed by atoms with E-state index in [0.717, 1.165) is 25.7 Å². The number of carbonyl (C=O) groups is 1. The van der Waals surface area contributed by atoms with Crippen molar-refractivity contribution in [3.05, 3.63) is 0 Å². The third-order valence-corrected chi connectivity index (χ3v) is 2.69. The van der Waals surface area contributed by atoms with Gasteiger partial charge in [0.25, 0.3) is 0 Å². The van der Waals surface area contributed by atoms with E-state index in [0.29, 0.717) is 0 Å². The van der Waals surface area contributed by atoms with Crippen molar-refractivity contribution in [2.75, 3.05) is 0 Å². The van der Waals surface area contributed by atoms with Crippen molar-refractivity contribution in [2.24, 2.45) is 5.92 Å². The minimum atomic E-state index is -0.836. The summed E-state index contributed by atoms with van der Waals surface area (Å²) in [5.74, 6) is -1.000. The fourth-order valence-electron chi connectivity index (χ4n) is 1.87. The second kappa shape index (κ2) is 5.18. The molecular formula is C10H17O2. The monoisotopic (exact) mass is 169 g/mol. The molecule has 0 bridgehead atoms. The number of rotatable bonds is 1. The molecule has 0 aromatic carbocycles. The predicted molar refractivity (Wildman–Crippen MR) is 46.1 cm³/mol. The fourth-order valence-corrected chi connectivity index (χ4v) is 1.87. The summed E-state index contributed by atoms with van der Waals surface area (Å²) in [5.41, 5.74) is 0. The van der Waals surface area contributed by atoms with Gasteiger partial charge in [-0.15, -0.1) is 0 Å². The summed E-state index contributed by atoms with van der Waals surface area (Å²) >= 11 is 0. The lowest BCUT2D eigenvalue weighted by molar-refractivity contribution is -0.148. The van der Waals surface area contributed by atoms with Crippen LogP contribution in [0.25, 0.3) is 0 Å². The molecule has 1 aliphatic rings. The first kappa shape index (κ1) is 9.56. The van der Waals surface area contributed by atoms with Gasteiger partial charge in [0.1, 0.15) is 0 Å². The van der Waals surface area contributed by atoms with Crippen LogP contribution in [0, 0.1) is 5.92 Å². The van der Waals surface area contributed by atoms with E-state index in [9.17, 15) is 9.90 Å². The maximum atomic E-state index is 10.6. The molecule has 2 nitrogen and oxygen atoms in total. The topological polar surface area (TPSA) is 37.0 Å².